The number of ether oxygens (including phenoxy) is 4. The fourth-order valence-electron chi connectivity index (χ4n) is 2.53. The largest absolute Gasteiger partial charge is 0.497 e. The first-order chi connectivity index (χ1) is 15.0. The van der Waals surface area contributed by atoms with Crippen LogP contribution in [-0.2, 0) is 14.3 Å². The fourth-order valence-corrected chi connectivity index (χ4v) is 2.53. The molecule has 31 heavy (non-hydrogen) atoms. The lowest BCUT2D eigenvalue weighted by molar-refractivity contribution is -0.137. The fraction of sp³-hybridized carbons (Fsp3) is 0.261. The number of benzene rings is 2. The minimum atomic E-state index is -0.696. The molecule has 2 aromatic carbocycles. The molecule has 0 aliphatic rings. The van der Waals surface area contributed by atoms with Crippen LogP contribution in [0.2, 0.25) is 0 Å². The minimum absolute atomic E-state index is 0.128. The molecule has 0 bridgehead atoms. The third-order valence-electron chi connectivity index (χ3n) is 3.93. The number of nitrogens with one attached hydrogen (secondary N) is 1. The quantitative estimate of drug-likeness (QED) is 0.353. The average Bonchev–Trinajstić information content (AvgIpc) is 2.77. The van der Waals surface area contributed by atoms with Crippen molar-refractivity contribution in [3.63, 3.8) is 0 Å². The number of carbonyl (C=O) groups is 2. The molecule has 0 radical (unpaired) electrons. The molecule has 1 N–H and O–H groups in total. The highest BCUT2D eigenvalue weighted by Crippen LogP contribution is 2.29. The predicted octanol–water partition coefficient (Wildman–Crippen LogP) is 3.58. The Morgan fingerprint density at radius 2 is 1.77 bits per heavy atom. The van der Waals surface area contributed by atoms with Gasteiger partial charge in [-0.15, -0.1) is 0 Å². The number of amides is 1. The predicted molar refractivity (Wildman–Crippen MR) is 115 cm³/mol. The van der Waals surface area contributed by atoms with E-state index in [0.717, 1.165) is 0 Å². The number of nitriles is 1. The van der Waals surface area contributed by atoms with Gasteiger partial charge < -0.3 is 24.3 Å². The monoisotopic (exact) mass is 424 g/mol. The average molecular weight is 424 g/mol. The Balaban J connectivity index is 2.09. The van der Waals surface area contributed by atoms with Crippen LogP contribution in [0.5, 0.6) is 17.2 Å². The SMILES string of the molecule is CCOC(=O)/C(C#N)=C/c1ccc(OCC(=O)Nc2ccc(OC)cc2)c(OCC)c1. The normalized spacial score (nSPS) is 10.6. The molecule has 2 rings (SSSR count). The van der Waals surface area contributed by atoms with E-state index in [1.165, 1.54) is 6.08 Å². The van der Waals surface area contributed by atoms with E-state index in [-0.39, 0.29) is 24.7 Å². The van der Waals surface area contributed by atoms with Crippen molar-refractivity contribution in [2.24, 2.45) is 0 Å². The lowest BCUT2D eigenvalue weighted by Gasteiger charge is -2.13. The van der Waals surface area contributed by atoms with Gasteiger partial charge in [0.2, 0.25) is 0 Å². The van der Waals surface area contributed by atoms with E-state index in [2.05, 4.69) is 5.32 Å². The van der Waals surface area contributed by atoms with Crippen LogP contribution >= 0.6 is 0 Å². The van der Waals surface area contributed by atoms with Crippen molar-refractivity contribution in [1.82, 2.24) is 0 Å². The molecule has 8 heteroatoms. The smallest absolute Gasteiger partial charge is 0.348 e. The lowest BCUT2D eigenvalue weighted by Crippen LogP contribution is -2.20. The topological polar surface area (TPSA) is 107 Å². The molecule has 0 saturated heterocycles. The van der Waals surface area contributed by atoms with E-state index in [9.17, 15) is 14.9 Å². The van der Waals surface area contributed by atoms with E-state index in [4.69, 9.17) is 18.9 Å². The molecule has 1 amide bonds. The third-order valence-corrected chi connectivity index (χ3v) is 3.93. The summed E-state index contributed by atoms with van der Waals surface area (Å²) in [6, 6.07) is 13.6. The molecule has 0 saturated carbocycles. The summed E-state index contributed by atoms with van der Waals surface area (Å²) in [6.07, 6.45) is 1.40. The van der Waals surface area contributed by atoms with Gasteiger partial charge in [-0.2, -0.15) is 5.26 Å². The maximum Gasteiger partial charge on any atom is 0.348 e. The zero-order chi connectivity index (χ0) is 22.6. The molecule has 0 unspecified atom stereocenters. The van der Waals surface area contributed by atoms with Gasteiger partial charge in [0.05, 0.1) is 20.3 Å². The van der Waals surface area contributed by atoms with Gasteiger partial charge in [0.25, 0.3) is 5.91 Å². The summed E-state index contributed by atoms with van der Waals surface area (Å²) >= 11 is 0. The molecule has 0 spiro atoms. The van der Waals surface area contributed by atoms with Gasteiger partial charge in [-0.1, -0.05) is 6.07 Å². The first-order valence-corrected chi connectivity index (χ1v) is 9.63. The standard InChI is InChI=1S/C23H24N2O6/c1-4-29-21-13-16(12-17(14-24)23(27)30-5-2)6-11-20(21)31-15-22(26)25-18-7-9-19(28-3)10-8-18/h6-13H,4-5,15H2,1-3H3,(H,25,26)/b17-12+. The van der Waals surface area contributed by atoms with Crippen molar-refractivity contribution in [3.8, 4) is 23.3 Å². The summed E-state index contributed by atoms with van der Waals surface area (Å²) in [4.78, 5) is 24.0. The highest BCUT2D eigenvalue weighted by molar-refractivity contribution is 5.98. The summed E-state index contributed by atoms with van der Waals surface area (Å²) in [5, 5.41) is 11.9. The molecule has 0 heterocycles. The molecular formula is C23H24N2O6. The number of esters is 1. The molecule has 0 aliphatic heterocycles. The Kier molecular flexibility index (Phi) is 8.92. The first kappa shape index (κ1) is 23.3. The summed E-state index contributed by atoms with van der Waals surface area (Å²) in [5.74, 6) is 0.393. The van der Waals surface area contributed by atoms with Gasteiger partial charge >= 0.3 is 5.97 Å². The van der Waals surface area contributed by atoms with Crippen LogP contribution in [0.15, 0.2) is 48.0 Å². The summed E-state index contributed by atoms with van der Waals surface area (Å²) in [5.41, 5.74) is 1.04. The maximum atomic E-state index is 12.2. The van der Waals surface area contributed by atoms with E-state index >= 15 is 0 Å². The molecular weight excluding hydrogens is 400 g/mol. The highest BCUT2D eigenvalue weighted by Gasteiger charge is 2.13. The molecule has 0 aromatic heterocycles. The summed E-state index contributed by atoms with van der Waals surface area (Å²) < 4.78 is 21.1. The second kappa shape index (κ2) is 11.9. The lowest BCUT2D eigenvalue weighted by atomic mass is 10.1. The van der Waals surface area contributed by atoms with E-state index in [1.807, 2.05) is 13.0 Å². The Morgan fingerprint density at radius 1 is 1.03 bits per heavy atom. The van der Waals surface area contributed by atoms with Gasteiger partial charge in [-0.05, 0) is 61.9 Å². The van der Waals surface area contributed by atoms with Crippen molar-refractivity contribution in [2.45, 2.75) is 13.8 Å². The zero-order valence-electron chi connectivity index (χ0n) is 17.6. The summed E-state index contributed by atoms with van der Waals surface area (Å²) in [6.45, 7) is 3.78. The van der Waals surface area contributed by atoms with Crippen LogP contribution in [0.4, 0.5) is 5.69 Å². The van der Waals surface area contributed by atoms with E-state index in [1.54, 1.807) is 56.5 Å². The Labute approximate surface area is 181 Å². The number of hydrogen-bond donors (Lipinski definition) is 1. The molecule has 0 aliphatic carbocycles. The Bertz CT molecular complexity index is 977. The van der Waals surface area contributed by atoms with Crippen LogP contribution in [0, 0.1) is 11.3 Å². The molecule has 162 valence electrons. The van der Waals surface area contributed by atoms with E-state index in [0.29, 0.717) is 35.1 Å². The van der Waals surface area contributed by atoms with Crippen LogP contribution in [-0.4, -0.2) is 38.8 Å². The van der Waals surface area contributed by atoms with Crippen molar-refractivity contribution >= 4 is 23.6 Å². The van der Waals surface area contributed by atoms with Crippen LogP contribution in [0.25, 0.3) is 6.08 Å². The second-order valence-electron chi connectivity index (χ2n) is 6.09. The Hall–Kier alpha value is -3.99. The van der Waals surface area contributed by atoms with Crippen molar-refractivity contribution in [1.29, 1.82) is 5.26 Å². The van der Waals surface area contributed by atoms with Gasteiger partial charge in [-0.3, -0.25) is 4.79 Å². The highest BCUT2D eigenvalue weighted by atomic mass is 16.5. The number of methoxy groups -OCH3 is 1. The van der Waals surface area contributed by atoms with Crippen LogP contribution < -0.4 is 19.5 Å². The van der Waals surface area contributed by atoms with Gasteiger partial charge in [0.1, 0.15) is 17.4 Å². The van der Waals surface area contributed by atoms with Crippen molar-refractivity contribution < 1.29 is 28.5 Å². The zero-order valence-corrected chi connectivity index (χ0v) is 17.6. The molecule has 0 fully saturated rings. The first-order valence-electron chi connectivity index (χ1n) is 9.63. The minimum Gasteiger partial charge on any atom is -0.497 e. The third kappa shape index (κ3) is 7.08. The van der Waals surface area contributed by atoms with Gasteiger partial charge in [-0.25, -0.2) is 4.79 Å². The van der Waals surface area contributed by atoms with Gasteiger partial charge in [0, 0.05) is 5.69 Å². The van der Waals surface area contributed by atoms with Crippen molar-refractivity contribution in [2.75, 3.05) is 32.2 Å². The maximum absolute atomic E-state index is 12.2. The number of rotatable bonds is 10. The summed E-state index contributed by atoms with van der Waals surface area (Å²) in [7, 11) is 1.57. The number of hydrogen-bond acceptors (Lipinski definition) is 7. The van der Waals surface area contributed by atoms with Crippen LogP contribution in [0.3, 0.4) is 0 Å². The second-order valence-corrected chi connectivity index (χ2v) is 6.09. The molecule has 2 aromatic rings. The number of anilines is 1. The Morgan fingerprint density at radius 3 is 2.39 bits per heavy atom. The van der Waals surface area contributed by atoms with Crippen molar-refractivity contribution in [3.05, 3.63) is 53.6 Å². The van der Waals surface area contributed by atoms with Crippen LogP contribution in [0.1, 0.15) is 19.4 Å². The van der Waals surface area contributed by atoms with E-state index < -0.39 is 5.97 Å². The molecule has 0 atom stereocenters. The number of nitrogens with zero attached hydrogens (tertiary/aromatic N) is 1. The van der Waals surface area contributed by atoms with Gasteiger partial charge in [0.15, 0.2) is 18.1 Å². The number of carbonyl (C=O) groups excluding carboxylic acids is 2. The molecule has 8 nitrogen and oxygen atoms in total.